The van der Waals surface area contributed by atoms with Crippen molar-refractivity contribution in [3.8, 4) is 0 Å². The molecule has 4 nitrogen and oxygen atoms in total. The van der Waals surface area contributed by atoms with Gasteiger partial charge in [-0.25, -0.2) is 4.39 Å². The fourth-order valence-corrected chi connectivity index (χ4v) is 3.56. The number of aryl methyl sites for hydroxylation is 3. The maximum atomic E-state index is 13.3. The van der Waals surface area contributed by atoms with Gasteiger partial charge in [-0.05, 0) is 50.1 Å². The minimum atomic E-state index is -0.540. The van der Waals surface area contributed by atoms with Crippen LogP contribution in [0.1, 0.15) is 23.1 Å². The second-order valence-electron chi connectivity index (χ2n) is 6.77. The van der Waals surface area contributed by atoms with Crippen molar-refractivity contribution in [2.75, 3.05) is 16.8 Å². The van der Waals surface area contributed by atoms with Crippen molar-refractivity contribution in [1.29, 1.82) is 0 Å². The van der Waals surface area contributed by atoms with Crippen molar-refractivity contribution in [3.63, 3.8) is 0 Å². The molecular formula is C20H20ClFN2O2. The molecule has 0 bridgehead atoms. The third-order valence-corrected chi connectivity index (χ3v) is 4.93. The first-order valence-corrected chi connectivity index (χ1v) is 8.78. The summed E-state index contributed by atoms with van der Waals surface area (Å²) >= 11 is 5.80. The highest BCUT2D eigenvalue weighted by molar-refractivity contribution is 6.31. The first-order valence-electron chi connectivity index (χ1n) is 8.40. The number of rotatable bonds is 3. The van der Waals surface area contributed by atoms with E-state index in [1.54, 1.807) is 0 Å². The molecule has 2 aromatic carbocycles. The molecule has 26 heavy (non-hydrogen) atoms. The molecular weight excluding hydrogens is 355 g/mol. The number of nitrogens with zero attached hydrogens (tertiary/aromatic N) is 1. The number of carbonyl (C=O) groups excluding carboxylic acids is 2. The van der Waals surface area contributed by atoms with E-state index < -0.39 is 11.7 Å². The largest absolute Gasteiger partial charge is 0.325 e. The van der Waals surface area contributed by atoms with Crippen LogP contribution in [0, 0.1) is 32.5 Å². The van der Waals surface area contributed by atoms with Gasteiger partial charge in [0.2, 0.25) is 11.8 Å². The van der Waals surface area contributed by atoms with Crippen LogP contribution in [0.25, 0.3) is 0 Å². The highest BCUT2D eigenvalue weighted by atomic mass is 35.5. The number of hydrogen-bond acceptors (Lipinski definition) is 2. The Labute approximate surface area is 157 Å². The summed E-state index contributed by atoms with van der Waals surface area (Å²) < 4.78 is 13.3. The molecule has 2 aromatic rings. The number of amides is 2. The Hall–Kier alpha value is -2.40. The lowest BCUT2D eigenvalue weighted by Crippen LogP contribution is -2.28. The molecule has 0 aliphatic carbocycles. The van der Waals surface area contributed by atoms with Crippen LogP contribution in [0.15, 0.2) is 30.3 Å². The average molecular weight is 375 g/mol. The summed E-state index contributed by atoms with van der Waals surface area (Å²) in [5.41, 5.74) is 4.40. The quantitative estimate of drug-likeness (QED) is 0.865. The minimum absolute atomic E-state index is 0.0471. The van der Waals surface area contributed by atoms with Crippen molar-refractivity contribution in [2.45, 2.75) is 27.2 Å². The fourth-order valence-electron chi connectivity index (χ4n) is 3.39. The molecule has 1 aliphatic rings. The van der Waals surface area contributed by atoms with Crippen LogP contribution in [-0.2, 0) is 9.59 Å². The van der Waals surface area contributed by atoms with Crippen molar-refractivity contribution < 1.29 is 14.0 Å². The molecule has 3 rings (SSSR count). The molecule has 1 atom stereocenters. The summed E-state index contributed by atoms with van der Waals surface area (Å²) in [5.74, 6) is -1.37. The maximum absolute atomic E-state index is 13.3. The second kappa shape index (κ2) is 7.08. The first kappa shape index (κ1) is 18.4. The summed E-state index contributed by atoms with van der Waals surface area (Å²) in [6.07, 6.45) is 0.116. The molecule has 2 amide bonds. The van der Waals surface area contributed by atoms with Gasteiger partial charge in [-0.1, -0.05) is 29.3 Å². The monoisotopic (exact) mass is 374 g/mol. The van der Waals surface area contributed by atoms with E-state index in [-0.39, 0.29) is 29.8 Å². The van der Waals surface area contributed by atoms with Crippen molar-refractivity contribution >= 4 is 34.8 Å². The molecule has 0 radical (unpaired) electrons. The summed E-state index contributed by atoms with van der Waals surface area (Å²) in [6, 6.07) is 8.14. The van der Waals surface area contributed by atoms with Crippen LogP contribution < -0.4 is 10.2 Å². The molecule has 0 spiro atoms. The highest BCUT2D eigenvalue weighted by Gasteiger charge is 2.35. The van der Waals surface area contributed by atoms with Gasteiger partial charge in [-0.15, -0.1) is 0 Å². The zero-order valence-electron chi connectivity index (χ0n) is 14.9. The normalized spacial score (nSPS) is 16.9. The zero-order chi connectivity index (χ0) is 19.0. The Balaban J connectivity index is 1.76. The van der Waals surface area contributed by atoms with Crippen LogP contribution in [0.2, 0.25) is 5.02 Å². The van der Waals surface area contributed by atoms with Crippen LogP contribution in [0.5, 0.6) is 0 Å². The van der Waals surface area contributed by atoms with Crippen LogP contribution in [0.4, 0.5) is 15.8 Å². The Morgan fingerprint density at radius 2 is 1.85 bits per heavy atom. The number of halogens is 2. The molecule has 1 unspecified atom stereocenters. The van der Waals surface area contributed by atoms with E-state index in [4.69, 9.17) is 11.6 Å². The number of carbonyl (C=O) groups is 2. The van der Waals surface area contributed by atoms with Crippen molar-refractivity contribution in [1.82, 2.24) is 0 Å². The van der Waals surface area contributed by atoms with Crippen molar-refractivity contribution in [2.24, 2.45) is 5.92 Å². The molecule has 1 aliphatic heterocycles. The van der Waals surface area contributed by atoms with Gasteiger partial charge in [0, 0.05) is 24.3 Å². The molecule has 1 heterocycles. The van der Waals surface area contributed by atoms with E-state index in [1.807, 2.05) is 32.9 Å². The zero-order valence-corrected chi connectivity index (χ0v) is 15.7. The van der Waals surface area contributed by atoms with Gasteiger partial charge in [-0.3, -0.25) is 9.59 Å². The minimum Gasteiger partial charge on any atom is -0.325 e. The lowest BCUT2D eigenvalue weighted by atomic mass is 10.0. The number of anilines is 2. The predicted octanol–water partition coefficient (Wildman–Crippen LogP) is 4.40. The van der Waals surface area contributed by atoms with Crippen LogP contribution >= 0.6 is 11.6 Å². The molecule has 0 aromatic heterocycles. The summed E-state index contributed by atoms with van der Waals surface area (Å²) in [6.45, 7) is 6.15. The molecule has 0 saturated carbocycles. The Kier molecular flexibility index (Phi) is 5.01. The van der Waals surface area contributed by atoms with Gasteiger partial charge < -0.3 is 10.2 Å². The summed E-state index contributed by atoms with van der Waals surface area (Å²) in [7, 11) is 0. The highest BCUT2D eigenvalue weighted by Crippen LogP contribution is 2.30. The maximum Gasteiger partial charge on any atom is 0.229 e. The van der Waals surface area contributed by atoms with Crippen LogP contribution in [-0.4, -0.2) is 18.4 Å². The second-order valence-corrected chi connectivity index (χ2v) is 7.17. The van der Waals surface area contributed by atoms with Gasteiger partial charge in [0.1, 0.15) is 5.82 Å². The Bertz CT molecular complexity index is 874. The standard InChI is InChI=1S/C20H20ClFN2O2/c1-11-6-12(2)19(13(3)7-11)23-20(26)14-8-18(25)24(10-14)15-4-5-17(22)16(21)9-15/h4-7,9,14H,8,10H2,1-3H3,(H,23,26). The van der Waals surface area contributed by atoms with E-state index in [0.29, 0.717) is 5.69 Å². The smallest absolute Gasteiger partial charge is 0.229 e. The topological polar surface area (TPSA) is 49.4 Å². The van der Waals surface area contributed by atoms with E-state index in [9.17, 15) is 14.0 Å². The van der Waals surface area contributed by atoms with Gasteiger partial charge in [0.25, 0.3) is 0 Å². The van der Waals surface area contributed by atoms with Gasteiger partial charge in [0.15, 0.2) is 0 Å². The Morgan fingerprint density at radius 1 is 1.19 bits per heavy atom. The molecule has 6 heteroatoms. The van der Waals surface area contributed by atoms with E-state index in [0.717, 1.165) is 22.4 Å². The van der Waals surface area contributed by atoms with Gasteiger partial charge in [0.05, 0.1) is 10.9 Å². The van der Waals surface area contributed by atoms with Crippen LogP contribution in [0.3, 0.4) is 0 Å². The summed E-state index contributed by atoms with van der Waals surface area (Å²) in [5, 5.41) is 2.91. The SMILES string of the molecule is Cc1cc(C)c(NC(=O)C2CC(=O)N(c3ccc(F)c(Cl)c3)C2)c(C)c1. The average Bonchev–Trinajstić information content (AvgIpc) is 2.95. The van der Waals surface area contributed by atoms with E-state index >= 15 is 0 Å². The van der Waals surface area contributed by atoms with Gasteiger partial charge >= 0.3 is 0 Å². The lowest BCUT2D eigenvalue weighted by molar-refractivity contribution is -0.122. The summed E-state index contributed by atoms with van der Waals surface area (Å²) in [4.78, 5) is 26.5. The predicted molar refractivity (Wildman–Crippen MR) is 101 cm³/mol. The fraction of sp³-hybridized carbons (Fsp3) is 0.300. The van der Waals surface area contributed by atoms with Gasteiger partial charge in [-0.2, -0.15) is 0 Å². The third kappa shape index (κ3) is 3.58. The lowest BCUT2D eigenvalue weighted by Gasteiger charge is -2.18. The molecule has 136 valence electrons. The number of benzene rings is 2. The van der Waals surface area contributed by atoms with E-state index in [2.05, 4.69) is 5.32 Å². The molecule has 1 N–H and O–H groups in total. The Morgan fingerprint density at radius 3 is 2.46 bits per heavy atom. The third-order valence-electron chi connectivity index (χ3n) is 4.64. The van der Waals surface area contributed by atoms with E-state index in [1.165, 1.54) is 23.1 Å². The molecule has 1 fully saturated rings. The number of nitrogens with one attached hydrogen (secondary N) is 1. The number of hydrogen-bond donors (Lipinski definition) is 1. The first-order chi connectivity index (χ1) is 12.3. The van der Waals surface area contributed by atoms with Crippen molar-refractivity contribution in [3.05, 3.63) is 57.9 Å². The molecule has 1 saturated heterocycles.